The molecule has 3 aromatic heterocycles. The molecular formula is C21H29N7O2. The molecule has 3 aromatic rings. The first-order valence-electron chi connectivity index (χ1n) is 10.6. The molecule has 2 fully saturated rings. The number of rotatable bonds is 3. The number of piperidine rings is 1. The van der Waals surface area contributed by atoms with Crippen LogP contribution >= 0.6 is 0 Å². The number of ether oxygens (including phenoxy) is 1. The molecule has 0 bridgehead atoms. The molecule has 0 saturated carbocycles. The van der Waals surface area contributed by atoms with Crippen molar-refractivity contribution >= 4 is 16.9 Å². The third-order valence-electron chi connectivity index (χ3n) is 6.51. The van der Waals surface area contributed by atoms with E-state index in [1.807, 2.05) is 17.8 Å². The Morgan fingerprint density at radius 2 is 2.03 bits per heavy atom. The van der Waals surface area contributed by atoms with Crippen LogP contribution in [0.25, 0.3) is 22.4 Å². The molecule has 2 aliphatic rings. The van der Waals surface area contributed by atoms with Gasteiger partial charge in [-0.2, -0.15) is 10.2 Å². The van der Waals surface area contributed by atoms with Gasteiger partial charge in [-0.25, -0.2) is 4.98 Å². The molecule has 0 aliphatic carbocycles. The zero-order chi connectivity index (χ0) is 20.9. The predicted molar refractivity (Wildman–Crippen MR) is 114 cm³/mol. The summed E-state index contributed by atoms with van der Waals surface area (Å²) in [6.07, 6.45) is 3.09. The first-order chi connectivity index (χ1) is 14.5. The van der Waals surface area contributed by atoms with Crippen LogP contribution in [0, 0.1) is 0 Å². The standard InChI is InChI=1S/C21H29N7O2/c1-14-13-30-11-10-28(14)17-12-15(21(29)5-8-26(2)9-6-21)20-19(23-17)18(25-27(20)3)16-4-7-22-24-16/h4,7,12,14,29H,5-6,8-11,13H2,1-3H3,(H,22,24). The van der Waals surface area contributed by atoms with Gasteiger partial charge in [-0.15, -0.1) is 0 Å². The number of anilines is 1. The number of aliphatic hydroxyl groups is 1. The number of nitrogens with zero attached hydrogens (tertiary/aromatic N) is 6. The highest BCUT2D eigenvalue weighted by Crippen LogP contribution is 2.40. The monoisotopic (exact) mass is 411 g/mol. The van der Waals surface area contributed by atoms with Crippen LogP contribution in [0.5, 0.6) is 0 Å². The van der Waals surface area contributed by atoms with Crippen LogP contribution < -0.4 is 4.90 Å². The maximum absolute atomic E-state index is 11.8. The summed E-state index contributed by atoms with van der Waals surface area (Å²) in [5.41, 5.74) is 3.26. The van der Waals surface area contributed by atoms with Crippen molar-refractivity contribution in [1.29, 1.82) is 0 Å². The molecule has 0 radical (unpaired) electrons. The van der Waals surface area contributed by atoms with E-state index in [-0.39, 0.29) is 6.04 Å². The fraction of sp³-hybridized carbons (Fsp3) is 0.571. The molecule has 5 heterocycles. The minimum atomic E-state index is -0.906. The summed E-state index contributed by atoms with van der Waals surface area (Å²) < 4.78 is 7.48. The lowest BCUT2D eigenvalue weighted by Gasteiger charge is -2.39. The van der Waals surface area contributed by atoms with Gasteiger partial charge in [0.05, 0.1) is 36.1 Å². The van der Waals surface area contributed by atoms with E-state index in [1.54, 1.807) is 6.20 Å². The van der Waals surface area contributed by atoms with E-state index in [0.717, 1.165) is 53.4 Å². The molecule has 9 heteroatoms. The molecular weight excluding hydrogens is 382 g/mol. The van der Waals surface area contributed by atoms with Crippen LogP contribution in [0.2, 0.25) is 0 Å². The number of hydrogen-bond donors (Lipinski definition) is 2. The maximum atomic E-state index is 11.8. The average molecular weight is 412 g/mol. The van der Waals surface area contributed by atoms with Gasteiger partial charge in [0.15, 0.2) is 0 Å². The first-order valence-corrected chi connectivity index (χ1v) is 10.6. The van der Waals surface area contributed by atoms with Crippen molar-refractivity contribution in [1.82, 2.24) is 29.9 Å². The highest BCUT2D eigenvalue weighted by molar-refractivity contribution is 5.92. The second kappa shape index (κ2) is 7.33. The number of fused-ring (bicyclic) bond motifs is 1. The van der Waals surface area contributed by atoms with Crippen molar-refractivity contribution in [2.24, 2.45) is 7.05 Å². The first kappa shape index (κ1) is 19.5. The number of H-pyrrole nitrogens is 1. The smallest absolute Gasteiger partial charge is 0.136 e. The number of pyridine rings is 1. The molecule has 30 heavy (non-hydrogen) atoms. The topological polar surface area (TPSA) is 95.3 Å². The summed E-state index contributed by atoms with van der Waals surface area (Å²) in [5.74, 6) is 0.870. The number of aryl methyl sites for hydroxylation is 1. The average Bonchev–Trinajstić information content (AvgIpc) is 3.38. The number of aromatic nitrogens is 5. The SMILES string of the molecule is CC1COCCN1c1cc(C2(O)CCN(C)CC2)c2c(n1)c(-c1ccn[nH]1)nn2C. The van der Waals surface area contributed by atoms with Gasteiger partial charge < -0.3 is 19.6 Å². The molecule has 1 unspecified atom stereocenters. The highest BCUT2D eigenvalue weighted by Gasteiger charge is 2.37. The van der Waals surface area contributed by atoms with Crippen molar-refractivity contribution in [3.63, 3.8) is 0 Å². The van der Waals surface area contributed by atoms with E-state index in [0.29, 0.717) is 26.1 Å². The van der Waals surface area contributed by atoms with Gasteiger partial charge in [0, 0.05) is 38.4 Å². The second-order valence-electron chi connectivity index (χ2n) is 8.62. The Labute approximate surface area is 175 Å². The normalized spacial score (nSPS) is 22.7. The van der Waals surface area contributed by atoms with Crippen molar-refractivity contribution in [2.75, 3.05) is 44.8 Å². The Hall–Kier alpha value is -2.49. The van der Waals surface area contributed by atoms with Gasteiger partial charge in [0.1, 0.15) is 17.0 Å². The Morgan fingerprint density at radius 3 is 2.73 bits per heavy atom. The van der Waals surface area contributed by atoms with Gasteiger partial charge in [-0.3, -0.25) is 9.78 Å². The highest BCUT2D eigenvalue weighted by atomic mass is 16.5. The van der Waals surface area contributed by atoms with Crippen LogP contribution in [0.4, 0.5) is 5.82 Å². The van der Waals surface area contributed by atoms with E-state index < -0.39 is 5.60 Å². The Balaban J connectivity index is 1.73. The molecule has 9 nitrogen and oxygen atoms in total. The number of hydrogen-bond acceptors (Lipinski definition) is 7. The summed E-state index contributed by atoms with van der Waals surface area (Å²) in [7, 11) is 4.02. The molecule has 2 saturated heterocycles. The lowest BCUT2D eigenvalue weighted by atomic mass is 9.84. The van der Waals surface area contributed by atoms with E-state index in [9.17, 15) is 5.11 Å². The molecule has 0 aromatic carbocycles. The van der Waals surface area contributed by atoms with Gasteiger partial charge in [0.25, 0.3) is 0 Å². The third kappa shape index (κ3) is 3.17. The number of nitrogens with one attached hydrogen (secondary N) is 1. The summed E-state index contributed by atoms with van der Waals surface area (Å²) in [6.45, 7) is 5.98. The fourth-order valence-electron chi connectivity index (χ4n) is 4.66. The molecule has 2 N–H and O–H groups in total. The molecule has 2 aliphatic heterocycles. The Bertz CT molecular complexity index is 1040. The fourth-order valence-corrected chi connectivity index (χ4v) is 4.66. The van der Waals surface area contributed by atoms with Crippen molar-refractivity contribution < 1.29 is 9.84 Å². The van der Waals surface area contributed by atoms with Crippen LogP contribution in [0.15, 0.2) is 18.3 Å². The summed E-state index contributed by atoms with van der Waals surface area (Å²) >= 11 is 0. The van der Waals surface area contributed by atoms with Crippen LogP contribution in [-0.2, 0) is 17.4 Å². The van der Waals surface area contributed by atoms with E-state index in [1.165, 1.54) is 0 Å². The third-order valence-corrected chi connectivity index (χ3v) is 6.51. The number of morpholine rings is 1. The van der Waals surface area contributed by atoms with Crippen molar-refractivity contribution in [3.05, 3.63) is 23.9 Å². The van der Waals surface area contributed by atoms with Crippen LogP contribution in [0.1, 0.15) is 25.3 Å². The molecule has 160 valence electrons. The predicted octanol–water partition coefficient (Wildman–Crippen LogP) is 1.50. The minimum absolute atomic E-state index is 0.218. The van der Waals surface area contributed by atoms with Gasteiger partial charge in [-0.1, -0.05) is 0 Å². The van der Waals surface area contributed by atoms with E-state index in [2.05, 4.69) is 40.0 Å². The Kier molecular flexibility index (Phi) is 4.76. The van der Waals surface area contributed by atoms with Gasteiger partial charge in [0.2, 0.25) is 0 Å². The zero-order valence-electron chi connectivity index (χ0n) is 17.8. The van der Waals surface area contributed by atoms with Crippen molar-refractivity contribution in [2.45, 2.75) is 31.4 Å². The van der Waals surface area contributed by atoms with Crippen molar-refractivity contribution in [3.8, 4) is 11.4 Å². The van der Waals surface area contributed by atoms with Crippen LogP contribution in [-0.4, -0.2) is 80.9 Å². The number of likely N-dealkylation sites (tertiary alicyclic amines) is 1. The summed E-state index contributed by atoms with van der Waals surface area (Å²) in [4.78, 5) is 9.58. The Morgan fingerprint density at radius 1 is 1.23 bits per heavy atom. The van der Waals surface area contributed by atoms with Crippen LogP contribution in [0.3, 0.4) is 0 Å². The molecule has 5 rings (SSSR count). The molecule has 0 amide bonds. The quantitative estimate of drug-likeness (QED) is 0.674. The second-order valence-corrected chi connectivity index (χ2v) is 8.62. The lowest BCUT2D eigenvalue weighted by Crippen LogP contribution is -2.45. The van der Waals surface area contributed by atoms with E-state index >= 15 is 0 Å². The number of aromatic amines is 1. The zero-order valence-corrected chi connectivity index (χ0v) is 17.8. The largest absolute Gasteiger partial charge is 0.385 e. The van der Waals surface area contributed by atoms with Gasteiger partial charge >= 0.3 is 0 Å². The maximum Gasteiger partial charge on any atom is 0.136 e. The minimum Gasteiger partial charge on any atom is -0.385 e. The summed E-state index contributed by atoms with van der Waals surface area (Å²) in [5, 5.41) is 23.6. The lowest BCUT2D eigenvalue weighted by molar-refractivity contribution is -0.0193. The summed E-state index contributed by atoms with van der Waals surface area (Å²) in [6, 6.07) is 4.20. The molecule has 0 spiro atoms. The molecule has 1 atom stereocenters. The van der Waals surface area contributed by atoms with Gasteiger partial charge in [-0.05, 0) is 38.9 Å². The van der Waals surface area contributed by atoms with E-state index in [4.69, 9.17) is 14.8 Å².